The molecule has 3 rings (SSSR count). The van der Waals surface area contributed by atoms with Crippen LogP contribution in [0.3, 0.4) is 0 Å². The zero-order chi connectivity index (χ0) is 18.9. The van der Waals surface area contributed by atoms with Crippen molar-refractivity contribution in [2.45, 2.75) is 19.0 Å². The zero-order valence-corrected chi connectivity index (χ0v) is 13.2. The van der Waals surface area contributed by atoms with Gasteiger partial charge >= 0.3 is 6.18 Å². The monoisotopic (exact) mass is 363 g/mol. The molecular weight excluding hydrogens is 351 g/mol. The summed E-state index contributed by atoms with van der Waals surface area (Å²) >= 11 is 0. The number of hydrazone groups is 1. The van der Waals surface area contributed by atoms with E-state index in [0.717, 1.165) is 17.1 Å². The third-order valence-electron chi connectivity index (χ3n) is 3.86. The molecule has 0 saturated heterocycles. The Labute approximate surface area is 145 Å². The third-order valence-corrected chi connectivity index (χ3v) is 3.86. The average molecular weight is 363 g/mol. The highest BCUT2D eigenvalue weighted by Gasteiger charge is 2.32. The first-order valence-corrected chi connectivity index (χ1v) is 7.59. The maximum atomic E-state index is 12.9. The van der Waals surface area contributed by atoms with Crippen molar-refractivity contribution in [2.24, 2.45) is 5.10 Å². The summed E-state index contributed by atoms with van der Waals surface area (Å²) in [6.45, 7) is 0. The van der Waals surface area contributed by atoms with Crippen molar-refractivity contribution in [2.75, 3.05) is 5.01 Å². The molecule has 2 aromatic carbocycles. The van der Waals surface area contributed by atoms with Crippen LogP contribution in [-0.4, -0.2) is 16.5 Å². The lowest BCUT2D eigenvalue weighted by atomic mass is 10.0. The Bertz CT molecular complexity index is 909. The highest BCUT2D eigenvalue weighted by molar-refractivity contribution is 6.09. The number of anilines is 1. The fraction of sp³-hybridized carbons (Fsp3) is 0.176. The van der Waals surface area contributed by atoms with Crippen LogP contribution in [0.2, 0.25) is 0 Å². The first kappa shape index (κ1) is 17.6. The molecular formula is C17H12F3N3O3. The van der Waals surface area contributed by atoms with E-state index in [9.17, 15) is 28.1 Å². The van der Waals surface area contributed by atoms with Gasteiger partial charge in [0, 0.05) is 18.9 Å². The number of benzene rings is 2. The Balaban J connectivity index is 2.05. The largest absolute Gasteiger partial charge is 0.416 e. The molecule has 6 nitrogen and oxygen atoms in total. The molecule has 26 heavy (non-hydrogen) atoms. The van der Waals surface area contributed by atoms with Gasteiger partial charge in [0.1, 0.15) is 5.69 Å². The molecule has 0 aliphatic carbocycles. The summed E-state index contributed by atoms with van der Waals surface area (Å²) in [4.78, 5) is 22.7. The van der Waals surface area contributed by atoms with Gasteiger partial charge in [-0.15, -0.1) is 0 Å². The number of para-hydroxylation sites is 2. The van der Waals surface area contributed by atoms with Crippen LogP contribution in [0.25, 0.3) is 0 Å². The second kappa shape index (κ2) is 6.58. The Morgan fingerprint density at radius 2 is 1.81 bits per heavy atom. The number of rotatable bonds is 3. The van der Waals surface area contributed by atoms with Crippen molar-refractivity contribution in [3.63, 3.8) is 0 Å². The molecule has 0 aromatic heterocycles. The first-order chi connectivity index (χ1) is 12.3. The van der Waals surface area contributed by atoms with Crippen molar-refractivity contribution in [1.82, 2.24) is 0 Å². The van der Waals surface area contributed by atoms with Gasteiger partial charge in [0.25, 0.3) is 5.69 Å². The molecule has 0 bridgehead atoms. The van der Waals surface area contributed by atoms with Gasteiger partial charge in [-0.05, 0) is 23.8 Å². The Morgan fingerprint density at radius 1 is 1.08 bits per heavy atom. The summed E-state index contributed by atoms with van der Waals surface area (Å²) in [5, 5.41) is 16.2. The smallest absolute Gasteiger partial charge is 0.273 e. The number of hydrogen-bond donors (Lipinski definition) is 0. The van der Waals surface area contributed by atoms with Crippen molar-refractivity contribution < 1.29 is 22.9 Å². The standard InChI is InChI=1S/C17H12F3N3O3/c18-17(19,20)12-5-3-4-11(10-12)13-8-9-16(24)22(21-13)14-6-1-2-7-15(14)23(25)26/h1-7,10H,8-9H2. The van der Waals surface area contributed by atoms with Gasteiger partial charge in [0.2, 0.25) is 5.91 Å². The molecule has 0 radical (unpaired) electrons. The molecule has 134 valence electrons. The topological polar surface area (TPSA) is 75.8 Å². The number of nitro benzene ring substituents is 1. The lowest BCUT2D eigenvalue weighted by Crippen LogP contribution is -2.32. The Hall–Kier alpha value is -3.23. The molecule has 0 saturated carbocycles. The van der Waals surface area contributed by atoms with Gasteiger partial charge < -0.3 is 0 Å². The van der Waals surface area contributed by atoms with Crippen LogP contribution in [0.1, 0.15) is 24.0 Å². The number of amides is 1. The molecule has 0 N–H and O–H groups in total. The number of nitrogens with zero attached hydrogens (tertiary/aromatic N) is 3. The van der Waals surface area contributed by atoms with Crippen LogP contribution < -0.4 is 5.01 Å². The number of nitro groups is 1. The van der Waals surface area contributed by atoms with Crippen LogP contribution in [0.4, 0.5) is 24.5 Å². The number of alkyl halides is 3. The van der Waals surface area contributed by atoms with Crippen LogP contribution >= 0.6 is 0 Å². The zero-order valence-electron chi connectivity index (χ0n) is 13.2. The van der Waals surface area contributed by atoms with E-state index in [0.29, 0.717) is 0 Å². The minimum Gasteiger partial charge on any atom is -0.273 e. The molecule has 2 aromatic rings. The molecule has 1 amide bonds. The van der Waals surface area contributed by atoms with E-state index in [4.69, 9.17) is 0 Å². The first-order valence-electron chi connectivity index (χ1n) is 7.59. The predicted molar refractivity (Wildman–Crippen MR) is 87.8 cm³/mol. The van der Waals surface area contributed by atoms with Gasteiger partial charge in [-0.1, -0.05) is 24.3 Å². The molecule has 1 aliphatic heterocycles. The number of hydrogen-bond acceptors (Lipinski definition) is 4. The van der Waals surface area contributed by atoms with Crippen molar-refractivity contribution in [3.05, 3.63) is 69.8 Å². The summed E-state index contributed by atoms with van der Waals surface area (Å²) in [6, 6.07) is 10.2. The van der Waals surface area contributed by atoms with Crippen molar-refractivity contribution in [3.8, 4) is 0 Å². The lowest BCUT2D eigenvalue weighted by Gasteiger charge is -2.23. The van der Waals surface area contributed by atoms with E-state index < -0.39 is 22.6 Å². The second-order valence-corrected chi connectivity index (χ2v) is 5.58. The summed E-state index contributed by atoms with van der Waals surface area (Å²) in [7, 11) is 0. The van der Waals surface area contributed by atoms with E-state index in [1.807, 2.05) is 0 Å². The second-order valence-electron chi connectivity index (χ2n) is 5.58. The molecule has 0 unspecified atom stereocenters. The van der Waals surface area contributed by atoms with Gasteiger partial charge in [0.15, 0.2) is 0 Å². The van der Waals surface area contributed by atoms with Crippen LogP contribution in [-0.2, 0) is 11.0 Å². The lowest BCUT2D eigenvalue weighted by molar-refractivity contribution is -0.384. The normalized spacial score (nSPS) is 15.0. The highest BCUT2D eigenvalue weighted by Crippen LogP contribution is 2.33. The Kier molecular flexibility index (Phi) is 4.45. The molecule has 1 heterocycles. The van der Waals surface area contributed by atoms with E-state index in [-0.39, 0.29) is 35.5 Å². The molecule has 1 aliphatic rings. The van der Waals surface area contributed by atoms with Crippen molar-refractivity contribution in [1.29, 1.82) is 0 Å². The molecule has 9 heteroatoms. The quantitative estimate of drug-likeness (QED) is 0.607. The number of carbonyl (C=O) groups excluding carboxylic acids is 1. The van der Waals surface area contributed by atoms with Gasteiger partial charge in [0.05, 0.1) is 16.2 Å². The molecule has 0 spiro atoms. The van der Waals surface area contributed by atoms with Crippen molar-refractivity contribution >= 4 is 23.0 Å². The fourth-order valence-corrected chi connectivity index (χ4v) is 2.62. The van der Waals surface area contributed by atoms with Gasteiger partial charge in [-0.25, -0.2) is 0 Å². The SMILES string of the molecule is O=C1CCC(c2cccc(C(F)(F)F)c2)=NN1c1ccccc1[N+](=O)[O-]. The molecule has 0 atom stereocenters. The highest BCUT2D eigenvalue weighted by atomic mass is 19.4. The average Bonchev–Trinajstić information content (AvgIpc) is 2.61. The van der Waals surface area contributed by atoms with Crippen LogP contribution in [0, 0.1) is 10.1 Å². The Morgan fingerprint density at radius 3 is 2.50 bits per heavy atom. The van der Waals surface area contributed by atoms with Crippen LogP contribution in [0.15, 0.2) is 53.6 Å². The fourth-order valence-electron chi connectivity index (χ4n) is 2.62. The summed E-state index contributed by atoms with van der Waals surface area (Å²) in [5.41, 5.74) is -0.682. The summed E-state index contributed by atoms with van der Waals surface area (Å²) < 4.78 is 38.7. The van der Waals surface area contributed by atoms with Crippen LogP contribution in [0.5, 0.6) is 0 Å². The number of carbonyl (C=O) groups is 1. The maximum Gasteiger partial charge on any atom is 0.416 e. The van der Waals surface area contributed by atoms with Gasteiger partial charge in [-0.2, -0.15) is 23.3 Å². The third kappa shape index (κ3) is 3.41. The summed E-state index contributed by atoms with van der Waals surface area (Å²) in [5.74, 6) is -0.463. The minimum atomic E-state index is -4.50. The van der Waals surface area contributed by atoms with E-state index in [2.05, 4.69) is 5.10 Å². The minimum absolute atomic E-state index is 0.0128. The van der Waals surface area contributed by atoms with E-state index >= 15 is 0 Å². The maximum absolute atomic E-state index is 12.9. The number of halogens is 3. The predicted octanol–water partition coefficient (Wildman–Crippen LogP) is 4.14. The van der Waals surface area contributed by atoms with E-state index in [1.165, 1.54) is 36.4 Å². The molecule has 0 fully saturated rings. The van der Waals surface area contributed by atoms with E-state index in [1.54, 1.807) is 0 Å². The summed E-state index contributed by atoms with van der Waals surface area (Å²) in [6.07, 6.45) is -4.36. The van der Waals surface area contributed by atoms with Gasteiger partial charge in [-0.3, -0.25) is 14.9 Å².